The van der Waals surface area contributed by atoms with Gasteiger partial charge >= 0.3 is 0 Å². The third kappa shape index (κ3) is 2.52. The Morgan fingerprint density at radius 3 is 2.74 bits per heavy atom. The van der Waals surface area contributed by atoms with Gasteiger partial charge in [-0.25, -0.2) is 4.98 Å². The molecule has 0 aliphatic carbocycles. The second-order valence-electron chi connectivity index (χ2n) is 5.79. The molecule has 0 bridgehead atoms. The summed E-state index contributed by atoms with van der Waals surface area (Å²) in [4.78, 5) is 20.6. The molecule has 1 saturated heterocycles. The van der Waals surface area contributed by atoms with Crippen molar-refractivity contribution in [2.45, 2.75) is 12.8 Å². The van der Waals surface area contributed by atoms with Gasteiger partial charge in [-0.3, -0.25) is 10.1 Å². The number of nitro benzene ring substituents is 1. The van der Waals surface area contributed by atoms with E-state index in [2.05, 4.69) is 27.0 Å². The van der Waals surface area contributed by atoms with Crippen molar-refractivity contribution in [2.75, 3.05) is 18.0 Å². The zero-order valence-electron chi connectivity index (χ0n) is 12.5. The van der Waals surface area contributed by atoms with Gasteiger partial charge in [0.05, 0.1) is 16.0 Å². The Kier molecular flexibility index (Phi) is 3.22. The number of nitrogens with zero attached hydrogens (tertiary/aromatic N) is 3. The number of anilines is 1. The lowest BCUT2D eigenvalue weighted by Crippen LogP contribution is -2.17. The van der Waals surface area contributed by atoms with Crippen LogP contribution in [-0.2, 0) is 0 Å². The molecule has 1 N–H and O–H groups in total. The fraction of sp³-hybridized carbons (Fsp3) is 0.235. The van der Waals surface area contributed by atoms with Gasteiger partial charge in [-0.15, -0.1) is 0 Å². The highest BCUT2D eigenvalue weighted by atomic mass is 16.6. The lowest BCUT2D eigenvalue weighted by Gasteiger charge is -2.17. The van der Waals surface area contributed by atoms with E-state index in [1.807, 2.05) is 12.1 Å². The van der Waals surface area contributed by atoms with Crippen LogP contribution in [0.1, 0.15) is 12.8 Å². The van der Waals surface area contributed by atoms with Gasteiger partial charge in [-0.2, -0.15) is 0 Å². The van der Waals surface area contributed by atoms with Crippen molar-refractivity contribution in [1.29, 1.82) is 0 Å². The van der Waals surface area contributed by atoms with Crippen LogP contribution in [0.3, 0.4) is 0 Å². The largest absolute Gasteiger partial charge is 0.372 e. The van der Waals surface area contributed by atoms with Crippen LogP contribution in [0.5, 0.6) is 0 Å². The molecule has 0 atom stereocenters. The molecule has 1 fully saturated rings. The summed E-state index contributed by atoms with van der Waals surface area (Å²) in [5, 5.41) is 10.9. The molecule has 0 unspecified atom stereocenters. The number of imidazole rings is 1. The number of fused-ring (bicyclic) bond motifs is 1. The van der Waals surface area contributed by atoms with Crippen molar-refractivity contribution < 1.29 is 4.92 Å². The summed E-state index contributed by atoms with van der Waals surface area (Å²) in [6.07, 6.45) is 2.47. The molecule has 23 heavy (non-hydrogen) atoms. The number of nitrogens with one attached hydrogen (secondary N) is 1. The van der Waals surface area contributed by atoms with E-state index >= 15 is 0 Å². The van der Waals surface area contributed by atoms with Crippen LogP contribution in [0.4, 0.5) is 11.4 Å². The molecular weight excluding hydrogens is 292 g/mol. The Hall–Kier alpha value is -2.89. The second-order valence-corrected chi connectivity index (χ2v) is 5.79. The first kappa shape index (κ1) is 13.8. The highest BCUT2D eigenvalue weighted by molar-refractivity contribution is 5.82. The summed E-state index contributed by atoms with van der Waals surface area (Å²) in [7, 11) is 0. The molecule has 3 aromatic rings. The maximum atomic E-state index is 10.9. The molecule has 0 saturated carbocycles. The van der Waals surface area contributed by atoms with Gasteiger partial charge in [0.2, 0.25) is 0 Å². The highest BCUT2D eigenvalue weighted by Crippen LogP contribution is 2.28. The van der Waals surface area contributed by atoms with Crippen LogP contribution in [-0.4, -0.2) is 28.0 Å². The lowest BCUT2D eigenvalue weighted by molar-refractivity contribution is -0.384. The third-order valence-electron chi connectivity index (χ3n) is 4.27. The number of aromatic nitrogens is 2. The molecule has 1 aromatic heterocycles. The maximum Gasteiger partial charge on any atom is 0.271 e. The SMILES string of the molecule is O=[N+]([O-])c1ccc2nc(-c3cccc(N4CCCC4)c3)[nH]c2c1. The first-order valence-corrected chi connectivity index (χ1v) is 7.70. The Labute approximate surface area is 132 Å². The van der Waals surface area contributed by atoms with Gasteiger partial charge in [0.15, 0.2) is 0 Å². The molecule has 4 rings (SSSR count). The van der Waals surface area contributed by atoms with Gasteiger partial charge in [-0.1, -0.05) is 12.1 Å². The van der Waals surface area contributed by atoms with Crippen molar-refractivity contribution in [3.63, 3.8) is 0 Å². The minimum atomic E-state index is -0.395. The Balaban J connectivity index is 1.73. The van der Waals surface area contributed by atoms with Crippen LogP contribution in [0.2, 0.25) is 0 Å². The molecule has 6 heteroatoms. The number of H-pyrrole nitrogens is 1. The van der Waals surface area contributed by atoms with Crippen LogP contribution in [0, 0.1) is 10.1 Å². The standard InChI is InChI=1S/C17H16N4O2/c22-21(23)14-6-7-15-16(11-14)19-17(18-15)12-4-3-5-13(10-12)20-8-1-2-9-20/h3-7,10-11H,1-2,8-9H2,(H,18,19). The van der Waals surface area contributed by atoms with Gasteiger partial charge < -0.3 is 9.88 Å². The van der Waals surface area contributed by atoms with Crippen molar-refractivity contribution in [3.8, 4) is 11.4 Å². The van der Waals surface area contributed by atoms with E-state index < -0.39 is 4.92 Å². The summed E-state index contributed by atoms with van der Waals surface area (Å²) >= 11 is 0. The predicted octanol–water partition coefficient (Wildman–Crippen LogP) is 3.74. The number of hydrogen-bond donors (Lipinski definition) is 1. The zero-order chi connectivity index (χ0) is 15.8. The number of hydrogen-bond acceptors (Lipinski definition) is 4. The number of nitro groups is 1. The van der Waals surface area contributed by atoms with E-state index in [1.165, 1.54) is 30.7 Å². The average molecular weight is 308 g/mol. The molecule has 2 aromatic carbocycles. The minimum absolute atomic E-state index is 0.0681. The summed E-state index contributed by atoms with van der Waals surface area (Å²) in [6, 6.07) is 13.0. The fourth-order valence-electron chi connectivity index (χ4n) is 3.07. The number of rotatable bonds is 3. The van der Waals surface area contributed by atoms with E-state index in [0.717, 1.165) is 30.0 Å². The number of benzene rings is 2. The molecular formula is C17H16N4O2. The van der Waals surface area contributed by atoms with Gasteiger partial charge in [-0.05, 0) is 31.0 Å². The fourth-order valence-corrected chi connectivity index (χ4v) is 3.07. The van der Waals surface area contributed by atoms with Gasteiger partial charge in [0.25, 0.3) is 5.69 Å². The molecule has 2 heterocycles. The number of non-ortho nitro benzene ring substituents is 1. The quantitative estimate of drug-likeness (QED) is 0.591. The smallest absolute Gasteiger partial charge is 0.271 e. The topological polar surface area (TPSA) is 75.1 Å². The number of aromatic amines is 1. The zero-order valence-corrected chi connectivity index (χ0v) is 12.5. The Morgan fingerprint density at radius 1 is 1.13 bits per heavy atom. The average Bonchev–Trinajstić information content (AvgIpc) is 3.23. The summed E-state index contributed by atoms with van der Waals surface area (Å²) in [5.74, 6) is 0.738. The summed E-state index contributed by atoms with van der Waals surface area (Å²) in [6.45, 7) is 2.19. The van der Waals surface area contributed by atoms with E-state index in [0.29, 0.717) is 5.52 Å². The van der Waals surface area contributed by atoms with Crippen LogP contribution in [0.25, 0.3) is 22.4 Å². The predicted molar refractivity (Wildman–Crippen MR) is 89.6 cm³/mol. The lowest BCUT2D eigenvalue weighted by atomic mass is 10.2. The van der Waals surface area contributed by atoms with Crippen molar-refractivity contribution >= 4 is 22.4 Å². The van der Waals surface area contributed by atoms with E-state index in [1.54, 1.807) is 6.07 Å². The maximum absolute atomic E-state index is 10.9. The van der Waals surface area contributed by atoms with Crippen molar-refractivity contribution in [3.05, 3.63) is 52.6 Å². The molecule has 0 amide bonds. The first-order chi connectivity index (χ1) is 11.2. The van der Waals surface area contributed by atoms with E-state index in [-0.39, 0.29) is 5.69 Å². The molecule has 6 nitrogen and oxygen atoms in total. The Morgan fingerprint density at radius 2 is 1.96 bits per heavy atom. The van der Waals surface area contributed by atoms with Gasteiger partial charge in [0.1, 0.15) is 5.82 Å². The van der Waals surface area contributed by atoms with Crippen LogP contribution in [0.15, 0.2) is 42.5 Å². The van der Waals surface area contributed by atoms with E-state index in [9.17, 15) is 10.1 Å². The first-order valence-electron chi connectivity index (χ1n) is 7.70. The monoisotopic (exact) mass is 308 g/mol. The molecule has 0 radical (unpaired) electrons. The molecule has 0 spiro atoms. The van der Waals surface area contributed by atoms with Crippen LogP contribution < -0.4 is 4.90 Å². The normalized spacial score (nSPS) is 14.5. The summed E-state index contributed by atoms with van der Waals surface area (Å²) in [5.41, 5.74) is 3.68. The second kappa shape index (κ2) is 5.39. The van der Waals surface area contributed by atoms with Crippen LogP contribution >= 0.6 is 0 Å². The third-order valence-corrected chi connectivity index (χ3v) is 4.27. The Bertz CT molecular complexity index is 881. The van der Waals surface area contributed by atoms with Crippen molar-refractivity contribution in [2.24, 2.45) is 0 Å². The minimum Gasteiger partial charge on any atom is -0.372 e. The van der Waals surface area contributed by atoms with E-state index in [4.69, 9.17) is 0 Å². The highest BCUT2D eigenvalue weighted by Gasteiger charge is 2.14. The van der Waals surface area contributed by atoms with Crippen molar-refractivity contribution in [1.82, 2.24) is 9.97 Å². The summed E-state index contributed by atoms with van der Waals surface area (Å²) < 4.78 is 0. The molecule has 116 valence electrons. The van der Waals surface area contributed by atoms with Gasteiger partial charge in [0, 0.05) is 36.5 Å². The molecule has 1 aliphatic heterocycles. The molecule has 1 aliphatic rings.